The summed E-state index contributed by atoms with van der Waals surface area (Å²) in [5, 5.41) is 28.0. The molecule has 2 heterocycles. The Labute approximate surface area is 437 Å². The van der Waals surface area contributed by atoms with Crippen LogP contribution < -0.4 is 24.3 Å². The maximum absolute atomic E-state index is 14.8. The van der Waals surface area contributed by atoms with Crippen molar-refractivity contribution in [3.05, 3.63) is 108 Å². The van der Waals surface area contributed by atoms with Gasteiger partial charge in [-0.05, 0) is 91.0 Å². The summed E-state index contributed by atoms with van der Waals surface area (Å²) in [4.78, 5) is 36.1. The molecule has 0 spiro atoms. The van der Waals surface area contributed by atoms with Gasteiger partial charge in [-0.1, -0.05) is 131 Å². The first-order valence-electron chi connectivity index (χ1n) is 26.9. The molecule has 3 aromatic carbocycles. The van der Waals surface area contributed by atoms with E-state index in [4.69, 9.17) is 50.0 Å². The third-order valence-electron chi connectivity index (χ3n) is 14.6. The number of aliphatic hydroxyl groups excluding tert-OH is 2. The first-order chi connectivity index (χ1) is 35.8. The van der Waals surface area contributed by atoms with Crippen LogP contribution in [0.2, 0.25) is 0 Å². The molecule has 6 atom stereocenters. The summed E-state index contributed by atoms with van der Waals surface area (Å²) >= 11 is 6.16. The highest BCUT2D eigenvalue weighted by Gasteiger charge is 2.66. The topological polar surface area (TPSA) is 167 Å². The number of hydrogen-bond donors (Lipinski definition) is 3. The van der Waals surface area contributed by atoms with Crippen LogP contribution in [0.15, 0.2) is 96.2 Å². The fourth-order valence-corrected chi connectivity index (χ4v) is 11.2. The van der Waals surface area contributed by atoms with E-state index >= 15 is 0 Å². The molecule has 1 fully saturated rings. The predicted octanol–water partition coefficient (Wildman–Crippen LogP) is 12.1. The number of fused-ring (bicyclic) bond motifs is 3. The molecule has 14 nitrogen and oxygen atoms in total. The Morgan fingerprint density at radius 3 is 2.33 bits per heavy atom. The lowest BCUT2D eigenvalue weighted by Crippen LogP contribution is -2.70. The van der Waals surface area contributed by atoms with Gasteiger partial charge in [-0.25, -0.2) is 9.59 Å². The number of hydrogen-bond acceptors (Lipinski definition) is 12. The third kappa shape index (κ3) is 14.7. The molecule has 0 bridgehead atoms. The van der Waals surface area contributed by atoms with Gasteiger partial charge in [0, 0.05) is 44.2 Å². The van der Waals surface area contributed by atoms with Gasteiger partial charge >= 0.3 is 12.2 Å². The zero-order valence-electron chi connectivity index (χ0n) is 42.8. The van der Waals surface area contributed by atoms with Crippen LogP contribution in [0.3, 0.4) is 0 Å². The molecular weight excluding hydrogens is 950 g/mol. The molecule has 1 saturated carbocycles. The molecular formula is C58H78ClN3O11. The summed E-state index contributed by atoms with van der Waals surface area (Å²) in [6.45, 7) is 7.33. The Kier molecular flexibility index (Phi) is 22.0. The lowest BCUT2D eigenvalue weighted by molar-refractivity contribution is -0.256. The van der Waals surface area contributed by atoms with Gasteiger partial charge in [0.1, 0.15) is 30.8 Å². The van der Waals surface area contributed by atoms with Gasteiger partial charge in [0.15, 0.2) is 11.5 Å². The average molecular weight is 1030 g/mol. The van der Waals surface area contributed by atoms with Crippen molar-refractivity contribution in [1.29, 1.82) is 0 Å². The van der Waals surface area contributed by atoms with Gasteiger partial charge in [0.25, 0.3) is 0 Å². The van der Waals surface area contributed by atoms with Crippen LogP contribution in [-0.4, -0.2) is 90.5 Å². The third-order valence-corrected chi connectivity index (χ3v) is 14.8. The van der Waals surface area contributed by atoms with E-state index in [1.165, 1.54) is 44.9 Å². The van der Waals surface area contributed by atoms with Crippen molar-refractivity contribution < 1.29 is 53.1 Å². The second kappa shape index (κ2) is 29.0. The number of nitrogens with zero attached hydrogens (tertiary/aromatic N) is 2. The van der Waals surface area contributed by atoms with Crippen molar-refractivity contribution in [3.8, 4) is 23.0 Å². The largest absolute Gasteiger partial charge is 0.459 e. The number of carbonyl (C=O) groups is 2. The fraction of sp³-hybridized carbons (Fsp3) is 0.569. The highest BCUT2D eigenvalue weighted by molar-refractivity contribution is 6.18. The van der Waals surface area contributed by atoms with E-state index in [1.54, 1.807) is 17.0 Å². The number of amides is 2. The molecule has 3 N–H and O–H groups in total. The number of benzene rings is 3. The minimum absolute atomic E-state index is 0.00669. The summed E-state index contributed by atoms with van der Waals surface area (Å²) < 4.78 is 37.9. The lowest BCUT2D eigenvalue weighted by atomic mass is 9.55. The predicted molar refractivity (Wildman–Crippen MR) is 282 cm³/mol. The van der Waals surface area contributed by atoms with Gasteiger partial charge in [-0.3, -0.25) is 4.90 Å². The molecule has 398 valence electrons. The molecule has 3 aromatic rings. The van der Waals surface area contributed by atoms with Crippen molar-refractivity contribution in [3.63, 3.8) is 0 Å². The molecule has 2 aliphatic heterocycles. The van der Waals surface area contributed by atoms with Crippen LogP contribution in [0.1, 0.15) is 139 Å². The van der Waals surface area contributed by atoms with Crippen molar-refractivity contribution in [2.75, 3.05) is 45.6 Å². The van der Waals surface area contributed by atoms with E-state index in [9.17, 15) is 19.8 Å². The molecule has 2 amide bonds. The van der Waals surface area contributed by atoms with E-state index in [1.807, 2.05) is 60.7 Å². The van der Waals surface area contributed by atoms with Gasteiger partial charge in [0.05, 0.1) is 24.1 Å². The van der Waals surface area contributed by atoms with E-state index < -0.39 is 29.9 Å². The molecule has 7 rings (SSSR count). The Hall–Kier alpha value is -5.28. The minimum atomic E-state index is -1.56. The zero-order valence-corrected chi connectivity index (χ0v) is 43.6. The highest BCUT2D eigenvalue weighted by Crippen LogP contribution is 2.62. The van der Waals surface area contributed by atoms with Crippen molar-refractivity contribution >= 4 is 29.5 Å². The summed E-state index contributed by atoms with van der Waals surface area (Å²) in [6.07, 6.45) is 19.2. The molecule has 0 saturated heterocycles. The monoisotopic (exact) mass is 1030 g/mol. The second-order valence-corrected chi connectivity index (χ2v) is 20.0. The highest BCUT2D eigenvalue weighted by atomic mass is 35.5. The number of halogens is 1. The van der Waals surface area contributed by atoms with Crippen LogP contribution in [-0.2, 0) is 27.5 Å². The Morgan fingerprint density at radius 2 is 1.59 bits per heavy atom. The maximum atomic E-state index is 14.8. The van der Waals surface area contributed by atoms with Gasteiger partial charge in [-0.2, -0.15) is 0 Å². The Bertz CT molecular complexity index is 2280. The molecule has 0 aromatic heterocycles. The van der Waals surface area contributed by atoms with E-state index in [0.717, 1.165) is 67.2 Å². The summed E-state index contributed by atoms with van der Waals surface area (Å²) in [5.74, 6) is -0.430. The maximum Gasteiger partial charge on any atom is 0.412 e. The van der Waals surface area contributed by atoms with E-state index in [2.05, 4.69) is 24.9 Å². The second-order valence-electron chi connectivity index (χ2n) is 19.6. The first-order valence-corrected chi connectivity index (χ1v) is 27.4. The molecule has 0 unspecified atom stereocenters. The number of aliphatic hydroxyl groups is 2. The van der Waals surface area contributed by atoms with Crippen LogP contribution in [0, 0.1) is 17.8 Å². The van der Waals surface area contributed by atoms with Crippen LogP contribution in [0.5, 0.6) is 23.0 Å². The summed E-state index contributed by atoms with van der Waals surface area (Å²) in [6, 6.07) is 20.0. The lowest BCUT2D eigenvalue weighted by Gasteiger charge is -2.59. The summed E-state index contributed by atoms with van der Waals surface area (Å²) in [5.41, 5.74) is 4.01. The number of nitrogens with one attached hydrogen (secondary N) is 1. The number of oxime groups is 1. The SMILES string of the molecule is C=CCO[C@@]12Oc3ccc(OC(=O)NCCCCCCCCCCCC)cc3[C@H]3[C@H](CCCCO)[C@@H](CCCCO)C=C(C(=NOCc4ccccc4)C[C@@H]1N(Cc1ccc4c(c1)OCO4)C(=O)OCCCl)[C@H]32. The number of ether oxygens (including phenoxy) is 6. The zero-order chi connectivity index (χ0) is 51.3. The number of rotatable bonds is 31. The number of alkyl halides is 1. The van der Waals surface area contributed by atoms with Crippen LogP contribution in [0.25, 0.3) is 0 Å². The van der Waals surface area contributed by atoms with Gasteiger partial charge < -0.3 is 48.8 Å². The molecule has 0 radical (unpaired) electrons. The quantitative estimate of drug-likeness (QED) is 0.0243. The number of unbranched alkanes of at least 4 members (excludes halogenated alkanes) is 11. The Morgan fingerprint density at radius 1 is 0.863 bits per heavy atom. The minimum Gasteiger partial charge on any atom is -0.459 e. The van der Waals surface area contributed by atoms with Crippen molar-refractivity contribution in [1.82, 2.24) is 10.2 Å². The Balaban J connectivity index is 1.29. The molecule has 2 aliphatic carbocycles. The van der Waals surface area contributed by atoms with E-state index in [-0.39, 0.29) is 76.4 Å². The normalized spacial score (nSPS) is 21.8. The molecule has 4 aliphatic rings. The average Bonchev–Trinajstić information content (AvgIpc) is 3.88. The van der Waals surface area contributed by atoms with E-state index in [0.29, 0.717) is 48.1 Å². The van der Waals surface area contributed by atoms with Crippen molar-refractivity contribution in [2.45, 2.75) is 147 Å². The fourth-order valence-electron chi connectivity index (χ4n) is 11.2. The standard InChI is InChI=1S/C58H78ClN3O11/c1-3-5-6-7-8-9-10-11-12-18-30-60-56(65)72-45-26-28-50-48(37-45)54-46(24-17-20-32-64)44(23-16-19-31-63)36-47-49(61-71-40-42-21-14-13-15-22-42)38-53(58(73-50,55(47)54)70-33-4-2)62(57(66)67-34-29-59)39-43-25-27-51-52(35-43)69-41-68-51/h4,13-15,21-22,25-28,35-37,44,46,53-55,63-64H,2-3,5-12,16-20,23-24,29-34,38-41H2,1H3,(H,60,65)/t44-,46+,53-,54+,55+,58+/m0/s1. The molecule has 73 heavy (non-hydrogen) atoms. The van der Waals surface area contributed by atoms with Crippen molar-refractivity contribution in [2.24, 2.45) is 22.9 Å². The number of allylic oxidation sites excluding steroid dienone is 1. The summed E-state index contributed by atoms with van der Waals surface area (Å²) in [7, 11) is 0. The molecule has 15 heteroatoms. The van der Waals surface area contributed by atoms with Crippen LogP contribution >= 0.6 is 11.6 Å². The van der Waals surface area contributed by atoms with Gasteiger partial charge in [0.2, 0.25) is 12.6 Å². The smallest absolute Gasteiger partial charge is 0.412 e. The van der Waals surface area contributed by atoms with Crippen LogP contribution in [0.4, 0.5) is 9.59 Å². The van der Waals surface area contributed by atoms with Gasteiger partial charge in [-0.15, -0.1) is 18.2 Å². The number of carbonyl (C=O) groups excluding carboxylic acids is 2. The first kappa shape index (κ1) is 55.5.